The van der Waals surface area contributed by atoms with Crippen molar-refractivity contribution in [1.82, 2.24) is 9.55 Å². The minimum Gasteiger partial charge on any atom is -0.327 e. The highest BCUT2D eigenvalue weighted by atomic mass is 35.5. The number of rotatable bonds is 5. The first-order valence-corrected chi connectivity index (χ1v) is 6.37. The SMILES string of the molecule is CCCc1nccn1CC(=O)c1cccc(Cl)c1. The molecule has 4 heteroatoms. The Balaban J connectivity index is 2.14. The lowest BCUT2D eigenvalue weighted by atomic mass is 10.1. The van der Waals surface area contributed by atoms with E-state index in [2.05, 4.69) is 11.9 Å². The summed E-state index contributed by atoms with van der Waals surface area (Å²) >= 11 is 5.88. The van der Waals surface area contributed by atoms with Crippen molar-refractivity contribution in [2.75, 3.05) is 0 Å². The summed E-state index contributed by atoms with van der Waals surface area (Å²) in [6, 6.07) is 7.03. The van der Waals surface area contributed by atoms with Crippen LogP contribution in [0.25, 0.3) is 0 Å². The van der Waals surface area contributed by atoms with Crippen LogP contribution in [0.2, 0.25) is 5.02 Å². The second kappa shape index (κ2) is 5.83. The molecule has 0 saturated heterocycles. The van der Waals surface area contributed by atoms with Crippen LogP contribution >= 0.6 is 11.6 Å². The van der Waals surface area contributed by atoms with Gasteiger partial charge in [0.25, 0.3) is 0 Å². The molecule has 94 valence electrons. The minimum absolute atomic E-state index is 0.0489. The van der Waals surface area contributed by atoms with Gasteiger partial charge in [-0.25, -0.2) is 4.98 Å². The molecule has 0 bridgehead atoms. The largest absolute Gasteiger partial charge is 0.327 e. The number of hydrogen-bond donors (Lipinski definition) is 0. The molecular formula is C14H15ClN2O. The summed E-state index contributed by atoms with van der Waals surface area (Å²) < 4.78 is 1.90. The highest BCUT2D eigenvalue weighted by Crippen LogP contribution is 2.12. The van der Waals surface area contributed by atoms with E-state index in [9.17, 15) is 4.79 Å². The van der Waals surface area contributed by atoms with Crippen molar-refractivity contribution in [3.05, 3.63) is 53.1 Å². The van der Waals surface area contributed by atoms with E-state index in [0.717, 1.165) is 18.7 Å². The Hall–Kier alpha value is -1.61. The highest BCUT2D eigenvalue weighted by molar-refractivity contribution is 6.31. The second-order valence-corrected chi connectivity index (χ2v) is 4.59. The van der Waals surface area contributed by atoms with Crippen LogP contribution in [0, 0.1) is 0 Å². The van der Waals surface area contributed by atoms with Crippen LogP contribution in [0.4, 0.5) is 0 Å². The summed E-state index contributed by atoms with van der Waals surface area (Å²) in [5, 5.41) is 0.584. The van der Waals surface area contributed by atoms with Crippen molar-refractivity contribution >= 4 is 17.4 Å². The van der Waals surface area contributed by atoms with Gasteiger partial charge in [-0.1, -0.05) is 30.7 Å². The molecule has 0 aliphatic rings. The maximum atomic E-state index is 12.1. The molecule has 0 saturated carbocycles. The number of imidazole rings is 1. The van der Waals surface area contributed by atoms with E-state index in [1.54, 1.807) is 30.5 Å². The van der Waals surface area contributed by atoms with E-state index in [0.29, 0.717) is 17.1 Å². The lowest BCUT2D eigenvalue weighted by molar-refractivity contribution is 0.0971. The first-order valence-electron chi connectivity index (χ1n) is 5.99. The van der Waals surface area contributed by atoms with Crippen molar-refractivity contribution in [2.24, 2.45) is 0 Å². The van der Waals surface area contributed by atoms with E-state index in [1.807, 2.05) is 10.8 Å². The molecule has 0 amide bonds. The summed E-state index contributed by atoms with van der Waals surface area (Å²) in [5.74, 6) is 1.00. The van der Waals surface area contributed by atoms with Crippen LogP contribution in [0.1, 0.15) is 29.5 Å². The minimum atomic E-state index is 0.0489. The van der Waals surface area contributed by atoms with Crippen LogP contribution < -0.4 is 0 Å². The van der Waals surface area contributed by atoms with Gasteiger partial charge in [-0.05, 0) is 18.6 Å². The second-order valence-electron chi connectivity index (χ2n) is 4.15. The Labute approximate surface area is 111 Å². The maximum absolute atomic E-state index is 12.1. The lowest BCUT2D eigenvalue weighted by Crippen LogP contribution is -2.12. The van der Waals surface area contributed by atoms with Gasteiger partial charge in [-0.3, -0.25) is 4.79 Å². The zero-order valence-corrected chi connectivity index (χ0v) is 11.0. The number of halogens is 1. The monoisotopic (exact) mass is 262 g/mol. The number of aromatic nitrogens is 2. The average Bonchev–Trinajstić information content (AvgIpc) is 2.77. The number of ketones is 1. The first kappa shape index (κ1) is 12.8. The summed E-state index contributed by atoms with van der Waals surface area (Å²) in [5.41, 5.74) is 0.638. The highest BCUT2D eigenvalue weighted by Gasteiger charge is 2.09. The van der Waals surface area contributed by atoms with Crippen molar-refractivity contribution in [2.45, 2.75) is 26.3 Å². The molecule has 0 radical (unpaired) electrons. The number of carbonyl (C=O) groups is 1. The smallest absolute Gasteiger partial charge is 0.182 e. The third kappa shape index (κ3) is 2.99. The van der Waals surface area contributed by atoms with E-state index in [1.165, 1.54) is 0 Å². The number of aryl methyl sites for hydroxylation is 1. The standard InChI is InChI=1S/C14H15ClN2O/c1-2-4-14-16-7-8-17(14)10-13(18)11-5-3-6-12(15)9-11/h3,5-9H,2,4,10H2,1H3. The van der Waals surface area contributed by atoms with Crippen LogP contribution in [0.15, 0.2) is 36.7 Å². The van der Waals surface area contributed by atoms with Gasteiger partial charge >= 0.3 is 0 Å². The lowest BCUT2D eigenvalue weighted by Gasteiger charge is -2.06. The number of hydrogen-bond acceptors (Lipinski definition) is 2. The molecule has 0 atom stereocenters. The Bertz CT molecular complexity index is 548. The molecule has 0 N–H and O–H groups in total. The van der Waals surface area contributed by atoms with Crippen molar-refractivity contribution < 1.29 is 4.79 Å². The Morgan fingerprint density at radius 2 is 2.28 bits per heavy atom. The van der Waals surface area contributed by atoms with Gasteiger partial charge in [0.2, 0.25) is 0 Å². The van der Waals surface area contributed by atoms with Gasteiger partial charge in [0.05, 0.1) is 6.54 Å². The third-order valence-electron chi connectivity index (χ3n) is 2.74. The predicted molar refractivity (Wildman–Crippen MR) is 72.0 cm³/mol. The van der Waals surface area contributed by atoms with Gasteiger partial charge in [-0.15, -0.1) is 0 Å². The number of Topliss-reactive ketones (excluding diaryl/α,β-unsaturated/α-hetero) is 1. The fourth-order valence-corrected chi connectivity index (χ4v) is 2.03. The summed E-state index contributed by atoms with van der Waals surface area (Å²) in [6.07, 6.45) is 5.47. The van der Waals surface area contributed by atoms with E-state index < -0.39 is 0 Å². The zero-order chi connectivity index (χ0) is 13.0. The predicted octanol–water partition coefficient (Wildman–Crippen LogP) is 3.37. The molecule has 1 aromatic heterocycles. The average molecular weight is 263 g/mol. The maximum Gasteiger partial charge on any atom is 0.182 e. The molecule has 1 aromatic carbocycles. The first-order chi connectivity index (χ1) is 8.70. The molecule has 0 spiro atoms. The molecule has 0 fully saturated rings. The van der Waals surface area contributed by atoms with Crippen molar-refractivity contribution in [3.8, 4) is 0 Å². The fourth-order valence-electron chi connectivity index (χ4n) is 1.84. The topological polar surface area (TPSA) is 34.9 Å². The zero-order valence-electron chi connectivity index (χ0n) is 10.3. The van der Waals surface area contributed by atoms with Gasteiger partial charge in [0.1, 0.15) is 5.82 Å². The number of carbonyl (C=O) groups excluding carboxylic acids is 1. The van der Waals surface area contributed by atoms with Gasteiger partial charge in [0, 0.05) is 29.4 Å². The molecule has 2 aromatic rings. The van der Waals surface area contributed by atoms with E-state index in [-0.39, 0.29) is 5.78 Å². The summed E-state index contributed by atoms with van der Waals surface area (Å²) in [6.45, 7) is 2.41. The molecular weight excluding hydrogens is 248 g/mol. The molecule has 3 nitrogen and oxygen atoms in total. The Morgan fingerprint density at radius 1 is 1.44 bits per heavy atom. The van der Waals surface area contributed by atoms with Crippen molar-refractivity contribution in [3.63, 3.8) is 0 Å². The van der Waals surface area contributed by atoms with Crippen LogP contribution in [-0.2, 0) is 13.0 Å². The number of benzene rings is 1. The Morgan fingerprint density at radius 3 is 3.00 bits per heavy atom. The third-order valence-corrected chi connectivity index (χ3v) is 2.97. The fraction of sp³-hybridized carbons (Fsp3) is 0.286. The van der Waals surface area contributed by atoms with Gasteiger partial charge in [0.15, 0.2) is 5.78 Å². The quantitative estimate of drug-likeness (QED) is 0.775. The van der Waals surface area contributed by atoms with Crippen molar-refractivity contribution in [1.29, 1.82) is 0 Å². The van der Waals surface area contributed by atoms with Gasteiger partial charge < -0.3 is 4.57 Å². The Kier molecular flexibility index (Phi) is 4.15. The van der Waals surface area contributed by atoms with Crippen LogP contribution in [0.5, 0.6) is 0 Å². The molecule has 0 aliphatic carbocycles. The summed E-state index contributed by atoms with van der Waals surface area (Å²) in [7, 11) is 0. The van der Waals surface area contributed by atoms with E-state index >= 15 is 0 Å². The summed E-state index contributed by atoms with van der Waals surface area (Å²) in [4.78, 5) is 16.4. The number of nitrogens with zero attached hydrogens (tertiary/aromatic N) is 2. The normalized spacial score (nSPS) is 10.6. The van der Waals surface area contributed by atoms with E-state index in [4.69, 9.17) is 11.6 Å². The molecule has 18 heavy (non-hydrogen) atoms. The molecule has 1 heterocycles. The van der Waals surface area contributed by atoms with Crippen LogP contribution in [0.3, 0.4) is 0 Å². The van der Waals surface area contributed by atoms with Gasteiger partial charge in [-0.2, -0.15) is 0 Å². The molecule has 0 unspecified atom stereocenters. The molecule has 0 aliphatic heterocycles. The molecule has 2 rings (SSSR count). The van der Waals surface area contributed by atoms with Crippen LogP contribution in [-0.4, -0.2) is 15.3 Å².